The summed E-state index contributed by atoms with van der Waals surface area (Å²) in [4.78, 5) is 12.0. The van der Waals surface area contributed by atoms with Gasteiger partial charge in [-0.2, -0.15) is 0 Å². The predicted octanol–water partition coefficient (Wildman–Crippen LogP) is 4.77. The Balaban J connectivity index is 1.97. The largest absolute Gasteiger partial charge is 0.375 e. The van der Waals surface area contributed by atoms with Crippen molar-refractivity contribution in [2.45, 2.75) is 13.8 Å². The minimum absolute atomic E-state index is 0.118. The van der Waals surface area contributed by atoms with Crippen LogP contribution in [0.5, 0.6) is 0 Å². The maximum atomic E-state index is 12.0. The van der Waals surface area contributed by atoms with Gasteiger partial charge in [0.05, 0.1) is 6.54 Å². The molecular formula is C16H16BrClN2O. The molecule has 21 heavy (non-hydrogen) atoms. The fraction of sp³-hybridized carbons (Fsp3) is 0.188. The minimum Gasteiger partial charge on any atom is -0.375 e. The van der Waals surface area contributed by atoms with Gasteiger partial charge in [0, 0.05) is 20.9 Å². The molecule has 2 aromatic carbocycles. The third kappa shape index (κ3) is 4.22. The van der Waals surface area contributed by atoms with Gasteiger partial charge in [-0.1, -0.05) is 23.7 Å². The van der Waals surface area contributed by atoms with Gasteiger partial charge in [-0.3, -0.25) is 4.79 Å². The van der Waals surface area contributed by atoms with Crippen molar-refractivity contribution in [3.63, 3.8) is 0 Å². The van der Waals surface area contributed by atoms with Crippen LogP contribution in [0.15, 0.2) is 40.9 Å². The molecule has 0 saturated heterocycles. The van der Waals surface area contributed by atoms with Gasteiger partial charge in [-0.25, -0.2) is 0 Å². The van der Waals surface area contributed by atoms with E-state index in [0.717, 1.165) is 27.0 Å². The van der Waals surface area contributed by atoms with E-state index < -0.39 is 0 Å². The number of hydrogen-bond donors (Lipinski definition) is 2. The zero-order valence-electron chi connectivity index (χ0n) is 11.8. The first kappa shape index (κ1) is 15.9. The highest BCUT2D eigenvalue weighted by Crippen LogP contribution is 2.24. The van der Waals surface area contributed by atoms with E-state index in [0.29, 0.717) is 5.02 Å². The molecule has 0 saturated carbocycles. The zero-order valence-corrected chi connectivity index (χ0v) is 14.2. The molecule has 1 amide bonds. The highest BCUT2D eigenvalue weighted by molar-refractivity contribution is 9.10. The quantitative estimate of drug-likeness (QED) is 0.817. The molecule has 5 heteroatoms. The summed E-state index contributed by atoms with van der Waals surface area (Å²) in [6.45, 7) is 4.08. The van der Waals surface area contributed by atoms with Crippen molar-refractivity contribution in [1.29, 1.82) is 0 Å². The summed E-state index contributed by atoms with van der Waals surface area (Å²) in [7, 11) is 0. The Morgan fingerprint density at radius 1 is 1.19 bits per heavy atom. The van der Waals surface area contributed by atoms with E-state index in [-0.39, 0.29) is 12.5 Å². The Morgan fingerprint density at radius 2 is 1.95 bits per heavy atom. The van der Waals surface area contributed by atoms with E-state index in [9.17, 15) is 4.79 Å². The zero-order chi connectivity index (χ0) is 15.4. The summed E-state index contributed by atoms with van der Waals surface area (Å²) in [6.07, 6.45) is 0. The molecule has 0 spiro atoms. The molecule has 0 radical (unpaired) electrons. The lowest BCUT2D eigenvalue weighted by atomic mass is 10.2. The molecule has 0 fully saturated rings. The molecule has 2 rings (SSSR count). The fourth-order valence-corrected chi connectivity index (χ4v) is 2.68. The number of nitrogens with one attached hydrogen (secondary N) is 2. The number of benzene rings is 2. The van der Waals surface area contributed by atoms with Gasteiger partial charge in [-0.15, -0.1) is 0 Å². The lowest BCUT2D eigenvalue weighted by Crippen LogP contribution is -2.22. The van der Waals surface area contributed by atoms with E-state index in [4.69, 9.17) is 11.6 Å². The van der Waals surface area contributed by atoms with Crippen LogP contribution in [-0.2, 0) is 4.79 Å². The summed E-state index contributed by atoms with van der Waals surface area (Å²) in [6, 6.07) is 11.4. The van der Waals surface area contributed by atoms with Gasteiger partial charge < -0.3 is 10.6 Å². The highest BCUT2D eigenvalue weighted by Gasteiger charge is 2.07. The monoisotopic (exact) mass is 366 g/mol. The number of anilines is 2. The maximum absolute atomic E-state index is 12.0. The standard InChI is InChI=1S/C16H16BrClN2O/c1-10-6-7-15(12(17)8-10)19-9-16(21)20-14-5-3-4-13(18)11(14)2/h3-8,19H,9H2,1-2H3,(H,20,21). The van der Waals surface area contributed by atoms with Crippen molar-refractivity contribution in [3.8, 4) is 0 Å². The highest BCUT2D eigenvalue weighted by atomic mass is 79.9. The molecule has 0 unspecified atom stereocenters. The van der Waals surface area contributed by atoms with E-state index in [1.54, 1.807) is 6.07 Å². The molecule has 0 aliphatic rings. The molecule has 0 aliphatic heterocycles. The van der Waals surface area contributed by atoms with Gasteiger partial charge >= 0.3 is 0 Å². The summed E-state index contributed by atoms with van der Waals surface area (Å²) in [5, 5.41) is 6.59. The molecule has 0 aliphatic carbocycles. The molecule has 2 N–H and O–H groups in total. The topological polar surface area (TPSA) is 41.1 Å². The summed E-state index contributed by atoms with van der Waals surface area (Å²) >= 11 is 9.51. The Kier molecular flexibility index (Phi) is 5.26. The predicted molar refractivity (Wildman–Crippen MR) is 92.2 cm³/mol. The van der Waals surface area contributed by atoms with Crippen LogP contribution in [0.4, 0.5) is 11.4 Å². The second-order valence-corrected chi connectivity index (χ2v) is 6.06. The van der Waals surface area contributed by atoms with Crippen molar-refractivity contribution in [3.05, 3.63) is 57.0 Å². The first-order chi connectivity index (χ1) is 9.97. The molecular weight excluding hydrogens is 352 g/mol. The molecule has 3 nitrogen and oxygen atoms in total. The minimum atomic E-state index is -0.118. The first-order valence-electron chi connectivity index (χ1n) is 6.52. The van der Waals surface area contributed by atoms with Crippen LogP contribution in [0.2, 0.25) is 5.02 Å². The fourth-order valence-electron chi connectivity index (χ4n) is 1.88. The van der Waals surface area contributed by atoms with Crippen molar-refractivity contribution >= 4 is 44.8 Å². The molecule has 0 aromatic heterocycles. The van der Waals surface area contributed by atoms with Crippen molar-refractivity contribution in [2.75, 3.05) is 17.2 Å². The van der Waals surface area contributed by atoms with E-state index in [2.05, 4.69) is 26.6 Å². The first-order valence-corrected chi connectivity index (χ1v) is 7.69. The third-order valence-electron chi connectivity index (χ3n) is 3.11. The van der Waals surface area contributed by atoms with E-state index in [1.165, 1.54) is 0 Å². The normalized spacial score (nSPS) is 10.3. The van der Waals surface area contributed by atoms with E-state index >= 15 is 0 Å². The average Bonchev–Trinajstić information content (AvgIpc) is 2.43. The number of hydrogen-bond acceptors (Lipinski definition) is 2. The average molecular weight is 368 g/mol. The summed E-state index contributed by atoms with van der Waals surface area (Å²) in [5.74, 6) is -0.118. The van der Waals surface area contributed by atoms with Crippen LogP contribution in [0.25, 0.3) is 0 Å². The number of amides is 1. The van der Waals surface area contributed by atoms with Crippen molar-refractivity contribution in [1.82, 2.24) is 0 Å². The number of halogens is 2. The second kappa shape index (κ2) is 6.96. The Morgan fingerprint density at radius 3 is 2.67 bits per heavy atom. The van der Waals surface area contributed by atoms with Crippen LogP contribution < -0.4 is 10.6 Å². The SMILES string of the molecule is Cc1ccc(NCC(=O)Nc2cccc(Cl)c2C)c(Br)c1. The van der Waals surface area contributed by atoms with Crippen LogP contribution in [0.3, 0.4) is 0 Å². The van der Waals surface area contributed by atoms with Gasteiger partial charge in [0.2, 0.25) is 5.91 Å². The Hall–Kier alpha value is -1.52. The van der Waals surface area contributed by atoms with Crippen LogP contribution in [-0.4, -0.2) is 12.5 Å². The third-order valence-corrected chi connectivity index (χ3v) is 4.17. The maximum Gasteiger partial charge on any atom is 0.243 e. The molecule has 110 valence electrons. The molecule has 0 bridgehead atoms. The van der Waals surface area contributed by atoms with Crippen molar-refractivity contribution in [2.24, 2.45) is 0 Å². The van der Waals surface area contributed by atoms with Gasteiger partial charge in [0.15, 0.2) is 0 Å². The molecule has 2 aromatic rings. The number of rotatable bonds is 4. The van der Waals surface area contributed by atoms with E-state index in [1.807, 2.05) is 44.2 Å². The van der Waals surface area contributed by atoms with Gasteiger partial charge in [0.1, 0.15) is 0 Å². The smallest absolute Gasteiger partial charge is 0.243 e. The number of carbonyl (C=O) groups excluding carboxylic acids is 1. The Bertz CT molecular complexity index is 673. The number of carbonyl (C=O) groups is 1. The lowest BCUT2D eigenvalue weighted by molar-refractivity contribution is -0.114. The Labute approximate surface area is 137 Å². The molecule has 0 atom stereocenters. The van der Waals surface area contributed by atoms with Crippen molar-refractivity contribution < 1.29 is 4.79 Å². The summed E-state index contributed by atoms with van der Waals surface area (Å²) in [5.41, 5.74) is 3.64. The second-order valence-electron chi connectivity index (χ2n) is 4.80. The number of aryl methyl sites for hydroxylation is 1. The van der Waals surface area contributed by atoms with Gasteiger partial charge in [0.25, 0.3) is 0 Å². The van der Waals surface area contributed by atoms with Crippen LogP contribution in [0.1, 0.15) is 11.1 Å². The van der Waals surface area contributed by atoms with Gasteiger partial charge in [-0.05, 0) is 65.2 Å². The summed E-state index contributed by atoms with van der Waals surface area (Å²) < 4.78 is 0.939. The lowest BCUT2D eigenvalue weighted by Gasteiger charge is -2.12. The molecule has 0 heterocycles. The van der Waals surface area contributed by atoms with Crippen LogP contribution >= 0.6 is 27.5 Å². The van der Waals surface area contributed by atoms with Crippen LogP contribution in [0, 0.1) is 13.8 Å².